The summed E-state index contributed by atoms with van der Waals surface area (Å²) >= 11 is 0. The van der Waals surface area contributed by atoms with Gasteiger partial charge in [-0.3, -0.25) is 4.52 Å². The molecular formula is C5H13O5P. The van der Waals surface area contributed by atoms with Crippen LogP contribution < -0.4 is 0 Å². The third kappa shape index (κ3) is 6.47. The van der Waals surface area contributed by atoms with Crippen molar-refractivity contribution >= 4 is 7.82 Å². The van der Waals surface area contributed by atoms with E-state index in [0.717, 1.165) is 7.11 Å². The zero-order valence-electron chi connectivity index (χ0n) is 7.03. The molecule has 0 aliphatic carbocycles. The van der Waals surface area contributed by atoms with Gasteiger partial charge in [0.1, 0.15) is 0 Å². The van der Waals surface area contributed by atoms with Crippen molar-refractivity contribution in [3.63, 3.8) is 0 Å². The molecule has 0 aromatic carbocycles. The maximum absolute atomic E-state index is 10.6. The molecule has 68 valence electrons. The van der Waals surface area contributed by atoms with E-state index in [0.29, 0.717) is 0 Å². The van der Waals surface area contributed by atoms with Gasteiger partial charge in [0.15, 0.2) is 0 Å². The summed E-state index contributed by atoms with van der Waals surface area (Å²) in [7, 11) is -2.93. The van der Waals surface area contributed by atoms with Crippen molar-refractivity contribution in [2.45, 2.75) is 26.4 Å². The molecule has 1 N–H and O–H groups in total. The molecule has 0 aliphatic heterocycles. The van der Waals surface area contributed by atoms with Crippen molar-refractivity contribution < 1.29 is 23.5 Å². The van der Waals surface area contributed by atoms with Crippen LogP contribution in [-0.4, -0.2) is 17.6 Å². The van der Waals surface area contributed by atoms with E-state index < -0.39 is 13.4 Å². The van der Waals surface area contributed by atoms with Gasteiger partial charge in [0.2, 0.25) is 0 Å². The summed E-state index contributed by atoms with van der Waals surface area (Å²) < 4.78 is 18.8. The highest BCUT2D eigenvalue weighted by atomic mass is 31.2. The minimum absolute atomic E-state index is 0.628. The van der Waals surface area contributed by atoms with Crippen LogP contribution in [-0.2, 0) is 18.7 Å². The van der Waals surface area contributed by atoms with E-state index >= 15 is 0 Å². The monoisotopic (exact) mass is 184 g/mol. The third-order valence-corrected chi connectivity index (χ3v) is 1.34. The summed E-state index contributed by atoms with van der Waals surface area (Å²) in [5.41, 5.74) is -0.628. The van der Waals surface area contributed by atoms with Gasteiger partial charge in [-0.15, -0.1) is 4.67 Å². The molecule has 1 atom stereocenters. The summed E-state index contributed by atoms with van der Waals surface area (Å²) in [6, 6.07) is 0. The van der Waals surface area contributed by atoms with E-state index in [1.54, 1.807) is 20.8 Å². The zero-order valence-corrected chi connectivity index (χ0v) is 7.92. The van der Waals surface area contributed by atoms with Gasteiger partial charge in [0, 0.05) is 7.11 Å². The Labute approximate surface area is 65.8 Å². The molecule has 0 aliphatic rings. The van der Waals surface area contributed by atoms with Gasteiger partial charge in [0.05, 0.1) is 5.60 Å². The first-order valence-electron chi connectivity index (χ1n) is 3.03. The SMILES string of the molecule is COP(=O)(O)OOC(C)(C)C. The van der Waals surface area contributed by atoms with Gasteiger partial charge in [-0.25, -0.2) is 9.45 Å². The van der Waals surface area contributed by atoms with E-state index in [4.69, 9.17) is 4.89 Å². The molecule has 0 amide bonds. The quantitative estimate of drug-likeness (QED) is 0.408. The smallest absolute Gasteiger partial charge is 0.301 e. The molecule has 0 radical (unpaired) electrons. The summed E-state index contributed by atoms with van der Waals surface area (Å²) in [6.45, 7) is 5.05. The fraction of sp³-hybridized carbons (Fsp3) is 1.00. The van der Waals surface area contributed by atoms with Crippen LogP contribution in [0.5, 0.6) is 0 Å². The van der Waals surface area contributed by atoms with Gasteiger partial charge < -0.3 is 4.89 Å². The molecule has 0 aromatic heterocycles. The minimum atomic E-state index is -3.99. The van der Waals surface area contributed by atoms with Crippen LogP contribution in [0, 0.1) is 0 Å². The molecule has 0 saturated carbocycles. The Hall–Kier alpha value is 0.0700. The van der Waals surface area contributed by atoms with E-state index in [1.165, 1.54) is 0 Å². The molecule has 0 saturated heterocycles. The number of hydrogen-bond acceptors (Lipinski definition) is 4. The van der Waals surface area contributed by atoms with Crippen LogP contribution in [0.1, 0.15) is 20.8 Å². The first-order chi connectivity index (χ1) is 4.77. The Balaban J connectivity index is 3.80. The van der Waals surface area contributed by atoms with Crippen molar-refractivity contribution in [3.05, 3.63) is 0 Å². The van der Waals surface area contributed by atoms with Gasteiger partial charge >= 0.3 is 7.82 Å². The van der Waals surface area contributed by atoms with Gasteiger partial charge in [-0.05, 0) is 20.8 Å². The zero-order chi connectivity index (χ0) is 9.12. The van der Waals surface area contributed by atoms with Gasteiger partial charge in [-0.2, -0.15) is 0 Å². The molecular weight excluding hydrogens is 171 g/mol. The first kappa shape index (κ1) is 11.1. The lowest BCUT2D eigenvalue weighted by Gasteiger charge is -2.18. The number of hydrogen-bond donors (Lipinski definition) is 1. The van der Waals surface area contributed by atoms with Crippen molar-refractivity contribution in [3.8, 4) is 0 Å². The van der Waals surface area contributed by atoms with Crippen molar-refractivity contribution in [1.82, 2.24) is 0 Å². The topological polar surface area (TPSA) is 65.0 Å². The van der Waals surface area contributed by atoms with Crippen molar-refractivity contribution in [2.24, 2.45) is 0 Å². The average molecular weight is 184 g/mol. The van der Waals surface area contributed by atoms with Crippen molar-refractivity contribution in [2.75, 3.05) is 7.11 Å². The predicted octanol–water partition coefficient (Wildman–Crippen LogP) is 1.48. The lowest BCUT2D eigenvalue weighted by Crippen LogP contribution is -2.18. The summed E-state index contributed by atoms with van der Waals surface area (Å²) in [5, 5.41) is 0. The minimum Gasteiger partial charge on any atom is -0.301 e. The first-order valence-corrected chi connectivity index (χ1v) is 4.52. The lowest BCUT2D eigenvalue weighted by atomic mass is 10.2. The Bertz CT molecular complexity index is 161. The fourth-order valence-corrected chi connectivity index (χ4v) is 0.568. The van der Waals surface area contributed by atoms with E-state index in [-0.39, 0.29) is 0 Å². The molecule has 0 bridgehead atoms. The Kier molecular flexibility index (Phi) is 3.67. The molecule has 0 heterocycles. The molecule has 0 rings (SSSR count). The number of rotatable bonds is 3. The molecule has 6 heteroatoms. The standard InChI is InChI=1S/C5H13O5P/c1-5(2,3)9-10-11(6,7)8-4/h1-4H3,(H,6,7). The maximum atomic E-state index is 10.6. The van der Waals surface area contributed by atoms with Crippen LogP contribution in [0.15, 0.2) is 0 Å². The molecule has 0 spiro atoms. The average Bonchev–Trinajstić information content (AvgIpc) is 1.83. The third-order valence-electron chi connectivity index (χ3n) is 0.612. The van der Waals surface area contributed by atoms with Crippen LogP contribution >= 0.6 is 7.82 Å². The van der Waals surface area contributed by atoms with Crippen LogP contribution in [0.4, 0.5) is 0 Å². The molecule has 11 heavy (non-hydrogen) atoms. The van der Waals surface area contributed by atoms with Crippen LogP contribution in [0.3, 0.4) is 0 Å². The second-order valence-corrected chi connectivity index (χ2v) is 4.37. The molecule has 0 fully saturated rings. The van der Waals surface area contributed by atoms with E-state index in [1.807, 2.05) is 0 Å². The molecule has 5 nitrogen and oxygen atoms in total. The fourth-order valence-electron chi connectivity index (χ4n) is 0.189. The second-order valence-electron chi connectivity index (χ2n) is 2.92. The second kappa shape index (κ2) is 3.65. The largest absolute Gasteiger partial charge is 0.499 e. The predicted molar refractivity (Wildman–Crippen MR) is 38.8 cm³/mol. The highest BCUT2D eigenvalue weighted by molar-refractivity contribution is 7.47. The Morgan fingerprint density at radius 2 is 1.82 bits per heavy atom. The van der Waals surface area contributed by atoms with Crippen molar-refractivity contribution in [1.29, 1.82) is 0 Å². The van der Waals surface area contributed by atoms with Crippen LogP contribution in [0.2, 0.25) is 0 Å². The Morgan fingerprint density at radius 1 is 1.36 bits per heavy atom. The number of phosphoric acid groups is 1. The summed E-state index contributed by atoms with van der Waals surface area (Å²) in [5.74, 6) is 0. The Morgan fingerprint density at radius 3 is 2.09 bits per heavy atom. The lowest BCUT2D eigenvalue weighted by molar-refractivity contribution is -0.287. The van der Waals surface area contributed by atoms with E-state index in [2.05, 4.69) is 14.1 Å². The highest BCUT2D eigenvalue weighted by Crippen LogP contribution is 2.43. The van der Waals surface area contributed by atoms with E-state index in [9.17, 15) is 4.57 Å². The molecule has 0 aromatic rings. The summed E-state index contributed by atoms with van der Waals surface area (Å²) in [6.07, 6.45) is 0. The number of phosphoric ester groups is 1. The normalized spacial score (nSPS) is 17.9. The highest BCUT2D eigenvalue weighted by Gasteiger charge is 2.24. The maximum Gasteiger partial charge on any atom is 0.499 e. The molecule has 1 unspecified atom stereocenters. The summed E-state index contributed by atoms with van der Waals surface area (Å²) in [4.78, 5) is 13.2. The van der Waals surface area contributed by atoms with Gasteiger partial charge in [0.25, 0.3) is 0 Å². The van der Waals surface area contributed by atoms with Crippen LogP contribution in [0.25, 0.3) is 0 Å². The van der Waals surface area contributed by atoms with Gasteiger partial charge in [-0.1, -0.05) is 0 Å².